The summed E-state index contributed by atoms with van der Waals surface area (Å²) in [6, 6.07) is 8.72. The minimum absolute atomic E-state index is 0.0773. The van der Waals surface area contributed by atoms with Crippen molar-refractivity contribution >= 4 is 23.5 Å². The molecule has 2 N–H and O–H groups in total. The molecule has 1 aliphatic heterocycles. The quantitative estimate of drug-likeness (QED) is 0.442. The monoisotopic (exact) mass is 402 g/mol. The highest BCUT2D eigenvalue weighted by atomic mass is 35.5. The number of esters is 2. The van der Waals surface area contributed by atoms with E-state index in [0.717, 1.165) is 0 Å². The Morgan fingerprint density at radius 1 is 1.36 bits per heavy atom. The maximum atomic E-state index is 12.7. The highest BCUT2D eigenvalue weighted by molar-refractivity contribution is 6.30. The molecule has 0 aromatic heterocycles. The van der Waals surface area contributed by atoms with Gasteiger partial charge in [-0.05, 0) is 31.5 Å². The molecular formula is C20H19ClN2O5. The number of halogens is 1. The molecule has 0 fully saturated rings. The van der Waals surface area contributed by atoms with E-state index < -0.39 is 17.9 Å². The number of allylic oxidation sites excluding steroid dienone is 2. The molecule has 0 saturated heterocycles. The highest BCUT2D eigenvalue weighted by Gasteiger charge is 2.36. The van der Waals surface area contributed by atoms with Crippen molar-refractivity contribution in [2.24, 2.45) is 5.73 Å². The Bertz CT molecular complexity index is 927. The van der Waals surface area contributed by atoms with E-state index in [2.05, 4.69) is 6.58 Å². The summed E-state index contributed by atoms with van der Waals surface area (Å²) in [4.78, 5) is 24.1. The van der Waals surface area contributed by atoms with Gasteiger partial charge in [-0.1, -0.05) is 30.3 Å². The summed E-state index contributed by atoms with van der Waals surface area (Å²) in [6.07, 6.45) is 0. The van der Waals surface area contributed by atoms with Gasteiger partial charge in [-0.2, -0.15) is 5.26 Å². The number of hydrogen-bond acceptors (Lipinski definition) is 7. The fourth-order valence-corrected chi connectivity index (χ4v) is 2.83. The maximum Gasteiger partial charge on any atom is 0.338 e. The first kappa shape index (κ1) is 21.1. The zero-order chi connectivity index (χ0) is 20.8. The molecule has 1 atom stereocenters. The number of carbonyl (C=O) groups excluding carboxylic acids is 2. The molecule has 146 valence electrons. The van der Waals surface area contributed by atoms with Gasteiger partial charge >= 0.3 is 11.9 Å². The van der Waals surface area contributed by atoms with Crippen molar-refractivity contribution in [1.82, 2.24) is 0 Å². The summed E-state index contributed by atoms with van der Waals surface area (Å²) >= 11 is 6.06. The van der Waals surface area contributed by atoms with Gasteiger partial charge in [0.05, 0.1) is 11.5 Å². The van der Waals surface area contributed by atoms with Crippen LogP contribution < -0.4 is 5.73 Å². The number of carbonyl (C=O) groups is 2. The molecule has 0 aliphatic carbocycles. The van der Waals surface area contributed by atoms with Gasteiger partial charge in [-0.25, -0.2) is 9.59 Å². The molecule has 8 heteroatoms. The van der Waals surface area contributed by atoms with Crippen molar-refractivity contribution in [1.29, 1.82) is 5.26 Å². The second-order valence-electron chi connectivity index (χ2n) is 6.00. The van der Waals surface area contributed by atoms with Crippen molar-refractivity contribution in [3.63, 3.8) is 0 Å². The van der Waals surface area contributed by atoms with Crippen LogP contribution in [0.5, 0.6) is 0 Å². The lowest BCUT2D eigenvalue weighted by atomic mass is 9.83. The van der Waals surface area contributed by atoms with Gasteiger partial charge in [0.15, 0.2) is 0 Å². The van der Waals surface area contributed by atoms with E-state index in [1.54, 1.807) is 31.2 Å². The Hall–Kier alpha value is -3.24. The van der Waals surface area contributed by atoms with Crippen molar-refractivity contribution < 1.29 is 23.8 Å². The first-order chi connectivity index (χ1) is 13.3. The third-order valence-corrected chi connectivity index (χ3v) is 4.14. The minimum Gasteiger partial charge on any atom is -0.459 e. The smallest absolute Gasteiger partial charge is 0.338 e. The number of hydrogen-bond donors (Lipinski definition) is 1. The summed E-state index contributed by atoms with van der Waals surface area (Å²) in [6.45, 7) is 6.23. The Morgan fingerprint density at radius 2 is 2.04 bits per heavy atom. The summed E-state index contributed by atoms with van der Waals surface area (Å²) in [7, 11) is 0. The molecule has 1 aromatic rings. The predicted octanol–water partition coefficient (Wildman–Crippen LogP) is 3.08. The Balaban J connectivity index is 2.25. The van der Waals surface area contributed by atoms with Gasteiger partial charge in [0.1, 0.15) is 30.6 Å². The number of nitrogens with two attached hydrogens (primary N) is 1. The van der Waals surface area contributed by atoms with Gasteiger partial charge in [0.25, 0.3) is 0 Å². The van der Waals surface area contributed by atoms with E-state index in [1.165, 1.54) is 6.92 Å². The lowest BCUT2D eigenvalue weighted by molar-refractivity contribution is -0.147. The van der Waals surface area contributed by atoms with Gasteiger partial charge in [0.2, 0.25) is 5.88 Å². The topological polar surface area (TPSA) is 112 Å². The number of nitriles is 1. The van der Waals surface area contributed by atoms with E-state index in [1.807, 2.05) is 6.07 Å². The van der Waals surface area contributed by atoms with E-state index in [4.69, 9.17) is 31.5 Å². The molecule has 28 heavy (non-hydrogen) atoms. The lowest BCUT2D eigenvalue weighted by Gasteiger charge is -2.27. The fourth-order valence-electron chi connectivity index (χ4n) is 2.64. The molecule has 0 amide bonds. The second-order valence-corrected chi connectivity index (χ2v) is 6.44. The average molecular weight is 403 g/mol. The van der Waals surface area contributed by atoms with Crippen LogP contribution in [0.3, 0.4) is 0 Å². The molecule has 1 aliphatic rings. The van der Waals surface area contributed by atoms with Crippen LogP contribution in [0.2, 0.25) is 5.02 Å². The molecule has 1 aromatic carbocycles. The first-order valence-electron chi connectivity index (χ1n) is 8.29. The maximum absolute atomic E-state index is 12.7. The van der Waals surface area contributed by atoms with E-state index in [0.29, 0.717) is 10.6 Å². The summed E-state index contributed by atoms with van der Waals surface area (Å²) in [5.41, 5.74) is 6.88. The first-order valence-corrected chi connectivity index (χ1v) is 8.67. The molecular weight excluding hydrogens is 384 g/mol. The zero-order valence-electron chi connectivity index (χ0n) is 15.5. The molecule has 1 heterocycles. The molecule has 1 unspecified atom stereocenters. The van der Waals surface area contributed by atoms with Crippen LogP contribution in [0.15, 0.2) is 59.2 Å². The van der Waals surface area contributed by atoms with Crippen molar-refractivity contribution in [2.45, 2.75) is 19.8 Å². The zero-order valence-corrected chi connectivity index (χ0v) is 16.2. The van der Waals surface area contributed by atoms with Crippen LogP contribution in [-0.4, -0.2) is 25.2 Å². The second kappa shape index (κ2) is 9.11. The van der Waals surface area contributed by atoms with Crippen LogP contribution in [0.4, 0.5) is 0 Å². The third kappa shape index (κ3) is 4.72. The Morgan fingerprint density at radius 3 is 2.64 bits per heavy atom. The van der Waals surface area contributed by atoms with Crippen LogP contribution in [0.1, 0.15) is 25.3 Å². The molecule has 0 spiro atoms. The van der Waals surface area contributed by atoms with Gasteiger partial charge in [-0.15, -0.1) is 0 Å². The number of ether oxygens (including phenoxy) is 3. The highest BCUT2D eigenvalue weighted by Crippen LogP contribution is 2.40. The normalized spacial score (nSPS) is 16.1. The fraction of sp³-hybridized carbons (Fsp3) is 0.250. The van der Waals surface area contributed by atoms with Crippen LogP contribution in [-0.2, 0) is 23.8 Å². The summed E-state index contributed by atoms with van der Waals surface area (Å²) < 4.78 is 15.5. The van der Waals surface area contributed by atoms with Crippen molar-refractivity contribution in [3.05, 3.63) is 69.8 Å². The largest absolute Gasteiger partial charge is 0.459 e. The summed E-state index contributed by atoms with van der Waals surface area (Å²) in [5.74, 6) is -1.95. The average Bonchev–Trinajstić information content (AvgIpc) is 2.64. The molecule has 0 radical (unpaired) electrons. The predicted molar refractivity (Wildman–Crippen MR) is 102 cm³/mol. The Labute approximate surface area is 167 Å². The molecule has 0 saturated carbocycles. The van der Waals surface area contributed by atoms with E-state index in [-0.39, 0.29) is 41.6 Å². The number of rotatable bonds is 6. The number of benzene rings is 1. The van der Waals surface area contributed by atoms with E-state index in [9.17, 15) is 14.9 Å². The third-order valence-electron chi connectivity index (χ3n) is 3.91. The SMILES string of the molecule is C=C(C)C(=O)OCCOC(=O)C1=C(C)OC(N)=C(C#N)C1c1cccc(Cl)c1. The standard InChI is InChI=1S/C20H19ClN2O5/c1-11(2)19(24)26-7-8-27-20(25)16-12(3)28-18(23)15(10-22)17(16)13-5-4-6-14(21)9-13/h4-6,9,17H,1,7-8,23H2,2-3H3. The van der Waals surface area contributed by atoms with Crippen LogP contribution >= 0.6 is 11.6 Å². The minimum atomic E-state index is -0.789. The van der Waals surface area contributed by atoms with Crippen LogP contribution in [0.25, 0.3) is 0 Å². The van der Waals surface area contributed by atoms with Gasteiger partial charge < -0.3 is 19.9 Å². The number of nitrogens with zero attached hydrogens (tertiary/aromatic N) is 1. The molecule has 2 rings (SSSR count). The van der Waals surface area contributed by atoms with Crippen LogP contribution in [0, 0.1) is 11.3 Å². The Kier molecular flexibility index (Phi) is 6.85. The summed E-state index contributed by atoms with van der Waals surface area (Å²) in [5, 5.41) is 9.98. The van der Waals surface area contributed by atoms with Crippen molar-refractivity contribution in [3.8, 4) is 6.07 Å². The lowest BCUT2D eigenvalue weighted by Crippen LogP contribution is -2.26. The molecule has 7 nitrogen and oxygen atoms in total. The molecule has 0 bridgehead atoms. The van der Waals surface area contributed by atoms with E-state index >= 15 is 0 Å². The van der Waals surface area contributed by atoms with Gasteiger partial charge in [-0.3, -0.25) is 0 Å². The van der Waals surface area contributed by atoms with Gasteiger partial charge in [0, 0.05) is 10.6 Å². The van der Waals surface area contributed by atoms with Crippen molar-refractivity contribution in [2.75, 3.05) is 13.2 Å².